The number of carbonyl (C=O) groups excluding carboxylic acids is 1. The molecule has 0 heterocycles. The second kappa shape index (κ2) is 15.7. The number of benzene rings is 2. The van der Waals surface area contributed by atoms with Gasteiger partial charge in [-0.05, 0) is 98.2 Å². The minimum absolute atomic E-state index is 0.0616. The van der Waals surface area contributed by atoms with Crippen LogP contribution in [0.15, 0.2) is 54.1 Å². The van der Waals surface area contributed by atoms with E-state index >= 15 is 0 Å². The second-order valence-corrected chi connectivity index (χ2v) is 11.4. The number of hydrogen-bond donors (Lipinski definition) is 1. The molecule has 4 rings (SSSR count). The molecule has 2 fully saturated rings. The van der Waals surface area contributed by atoms with Crippen molar-refractivity contribution in [1.29, 1.82) is 0 Å². The molecule has 0 spiro atoms. The highest BCUT2D eigenvalue weighted by atomic mass is 16.5. The van der Waals surface area contributed by atoms with Gasteiger partial charge in [0.1, 0.15) is 11.5 Å². The zero-order chi connectivity index (χ0) is 27.3. The van der Waals surface area contributed by atoms with E-state index in [1.165, 1.54) is 87.3 Å². The molecule has 39 heavy (non-hydrogen) atoms. The first-order valence-corrected chi connectivity index (χ1v) is 15.6. The van der Waals surface area contributed by atoms with E-state index in [-0.39, 0.29) is 5.97 Å². The van der Waals surface area contributed by atoms with Crippen LogP contribution in [0.2, 0.25) is 0 Å². The maximum atomic E-state index is 11.4. The topological polar surface area (TPSA) is 55.8 Å². The summed E-state index contributed by atoms with van der Waals surface area (Å²) in [6.07, 6.45) is 17.8. The summed E-state index contributed by atoms with van der Waals surface area (Å²) in [5.74, 6) is 2.60. The van der Waals surface area contributed by atoms with E-state index < -0.39 is 0 Å². The van der Waals surface area contributed by atoms with Gasteiger partial charge in [0.2, 0.25) is 0 Å². The van der Waals surface area contributed by atoms with Crippen LogP contribution in [-0.4, -0.2) is 24.3 Å². The smallest absolute Gasteiger partial charge is 0.305 e. The maximum Gasteiger partial charge on any atom is 0.305 e. The fourth-order valence-corrected chi connectivity index (χ4v) is 6.57. The highest BCUT2D eigenvalue weighted by Gasteiger charge is 2.33. The SMILES string of the molecule is CCOC(=O)CCCCCCCCCCOc1ccc(C(=C2C3CCCC2CCC3)c2ccc(O)cc2)cc1. The molecule has 2 saturated carbocycles. The molecule has 0 radical (unpaired) electrons. The first-order chi connectivity index (χ1) is 19.2. The molecule has 0 amide bonds. The third kappa shape index (κ3) is 8.88. The predicted molar refractivity (Wildman–Crippen MR) is 159 cm³/mol. The van der Waals surface area contributed by atoms with E-state index in [0.717, 1.165) is 31.6 Å². The second-order valence-electron chi connectivity index (χ2n) is 11.4. The largest absolute Gasteiger partial charge is 0.508 e. The van der Waals surface area contributed by atoms with Crippen molar-refractivity contribution >= 4 is 11.5 Å². The molecular formula is C35H48O4. The number of ether oxygens (including phenoxy) is 2. The summed E-state index contributed by atoms with van der Waals surface area (Å²) in [5, 5.41) is 9.90. The molecule has 0 aromatic heterocycles. The zero-order valence-corrected chi connectivity index (χ0v) is 24.0. The predicted octanol–water partition coefficient (Wildman–Crippen LogP) is 9.25. The van der Waals surface area contributed by atoms with Gasteiger partial charge in [0.25, 0.3) is 0 Å². The number of allylic oxidation sites excluding steroid dienone is 1. The summed E-state index contributed by atoms with van der Waals surface area (Å²) in [6, 6.07) is 16.5. The lowest BCUT2D eigenvalue weighted by Crippen LogP contribution is -2.25. The van der Waals surface area contributed by atoms with Gasteiger partial charge >= 0.3 is 5.97 Å². The summed E-state index contributed by atoms with van der Waals surface area (Å²) in [6.45, 7) is 3.10. The Kier molecular flexibility index (Phi) is 11.8. The molecule has 2 bridgehead atoms. The van der Waals surface area contributed by atoms with Crippen molar-refractivity contribution < 1.29 is 19.4 Å². The minimum Gasteiger partial charge on any atom is -0.508 e. The number of hydrogen-bond acceptors (Lipinski definition) is 4. The number of rotatable bonds is 15. The monoisotopic (exact) mass is 532 g/mol. The van der Waals surface area contributed by atoms with Gasteiger partial charge in [0.05, 0.1) is 13.2 Å². The number of carbonyl (C=O) groups is 1. The Morgan fingerprint density at radius 1 is 0.744 bits per heavy atom. The highest BCUT2D eigenvalue weighted by molar-refractivity contribution is 5.83. The van der Waals surface area contributed by atoms with Gasteiger partial charge in [0, 0.05) is 6.42 Å². The third-order valence-corrected chi connectivity index (χ3v) is 8.53. The molecule has 1 N–H and O–H groups in total. The van der Waals surface area contributed by atoms with Gasteiger partial charge in [0.15, 0.2) is 0 Å². The van der Waals surface area contributed by atoms with Crippen LogP contribution in [0.4, 0.5) is 0 Å². The van der Waals surface area contributed by atoms with Crippen molar-refractivity contribution in [2.75, 3.05) is 13.2 Å². The third-order valence-electron chi connectivity index (χ3n) is 8.53. The van der Waals surface area contributed by atoms with E-state index in [0.29, 0.717) is 30.6 Å². The fraction of sp³-hybridized carbons (Fsp3) is 0.571. The summed E-state index contributed by atoms with van der Waals surface area (Å²) < 4.78 is 11.1. The van der Waals surface area contributed by atoms with Crippen molar-refractivity contribution in [3.05, 3.63) is 65.2 Å². The average Bonchev–Trinajstić information content (AvgIpc) is 2.94. The van der Waals surface area contributed by atoms with Crippen molar-refractivity contribution in [3.63, 3.8) is 0 Å². The minimum atomic E-state index is -0.0616. The number of phenolic OH excluding ortho intramolecular Hbond substituents is 1. The number of aromatic hydroxyl groups is 1. The van der Waals surface area contributed by atoms with E-state index in [4.69, 9.17) is 9.47 Å². The molecule has 0 unspecified atom stereocenters. The average molecular weight is 533 g/mol. The lowest BCUT2D eigenvalue weighted by molar-refractivity contribution is -0.143. The standard InChI is InChI=1S/C35H48O4/c1-2-38-33(37)17-9-7-5-3-4-6-8-10-26-39-32-24-20-30(21-25-32)35(29-18-22-31(36)23-19-29)34-27-13-11-14-28(34)16-12-15-27/h18-25,27-28,36H,2-17,26H2,1H3. The van der Waals surface area contributed by atoms with Crippen LogP contribution in [0.3, 0.4) is 0 Å². The summed E-state index contributed by atoms with van der Waals surface area (Å²) >= 11 is 0. The Morgan fingerprint density at radius 3 is 1.82 bits per heavy atom. The quantitative estimate of drug-likeness (QED) is 0.183. The summed E-state index contributed by atoms with van der Waals surface area (Å²) in [5.41, 5.74) is 5.53. The number of phenols is 1. The molecule has 2 aliphatic rings. The van der Waals surface area contributed by atoms with Gasteiger partial charge in [-0.1, -0.05) is 81.2 Å². The molecule has 2 aliphatic carbocycles. The first kappa shape index (κ1) is 29.2. The number of unbranched alkanes of at least 4 members (excludes halogenated alkanes) is 7. The fourth-order valence-electron chi connectivity index (χ4n) is 6.57. The van der Waals surface area contributed by atoms with Crippen LogP contribution in [0.25, 0.3) is 5.57 Å². The van der Waals surface area contributed by atoms with Gasteiger partial charge in [-0.15, -0.1) is 0 Å². The van der Waals surface area contributed by atoms with Crippen molar-refractivity contribution in [3.8, 4) is 11.5 Å². The van der Waals surface area contributed by atoms with Gasteiger partial charge in [-0.2, -0.15) is 0 Å². The van der Waals surface area contributed by atoms with Crippen LogP contribution < -0.4 is 4.74 Å². The molecule has 212 valence electrons. The maximum absolute atomic E-state index is 11.4. The van der Waals surface area contributed by atoms with Gasteiger partial charge < -0.3 is 14.6 Å². The van der Waals surface area contributed by atoms with Crippen LogP contribution in [0.1, 0.15) is 114 Å². The van der Waals surface area contributed by atoms with Crippen molar-refractivity contribution in [2.45, 2.75) is 103 Å². The Morgan fingerprint density at radius 2 is 1.26 bits per heavy atom. The molecule has 0 atom stereocenters. The number of fused-ring (bicyclic) bond motifs is 2. The first-order valence-electron chi connectivity index (χ1n) is 15.6. The van der Waals surface area contributed by atoms with Crippen LogP contribution >= 0.6 is 0 Å². The number of esters is 1. The Balaban J connectivity index is 1.23. The molecule has 4 heteroatoms. The van der Waals surface area contributed by atoms with Gasteiger partial charge in [-0.25, -0.2) is 0 Å². The molecule has 2 aromatic carbocycles. The van der Waals surface area contributed by atoms with E-state index in [1.807, 2.05) is 19.1 Å². The normalized spacial score (nSPS) is 18.5. The Hall–Kier alpha value is -2.75. The van der Waals surface area contributed by atoms with Crippen LogP contribution in [0, 0.1) is 11.8 Å². The van der Waals surface area contributed by atoms with Gasteiger partial charge in [-0.3, -0.25) is 4.79 Å². The highest BCUT2D eigenvalue weighted by Crippen LogP contribution is 2.48. The molecule has 0 saturated heterocycles. The van der Waals surface area contributed by atoms with Crippen molar-refractivity contribution in [1.82, 2.24) is 0 Å². The zero-order valence-electron chi connectivity index (χ0n) is 24.0. The molecule has 0 aliphatic heterocycles. The summed E-state index contributed by atoms with van der Waals surface area (Å²) in [4.78, 5) is 11.4. The van der Waals surface area contributed by atoms with Crippen molar-refractivity contribution in [2.24, 2.45) is 11.8 Å². The van der Waals surface area contributed by atoms with E-state index in [1.54, 1.807) is 5.57 Å². The van der Waals surface area contributed by atoms with Crippen LogP contribution in [0.5, 0.6) is 11.5 Å². The Labute approximate surface area is 235 Å². The molecule has 2 aromatic rings. The van der Waals surface area contributed by atoms with E-state index in [9.17, 15) is 9.90 Å². The Bertz CT molecular complexity index is 1010. The summed E-state index contributed by atoms with van der Waals surface area (Å²) in [7, 11) is 0. The van der Waals surface area contributed by atoms with Crippen LogP contribution in [-0.2, 0) is 9.53 Å². The lowest BCUT2D eigenvalue weighted by atomic mass is 9.65. The molecular weight excluding hydrogens is 484 g/mol. The molecule has 4 nitrogen and oxygen atoms in total. The lowest BCUT2D eigenvalue weighted by Gasteiger charge is -2.39. The van der Waals surface area contributed by atoms with E-state index in [2.05, 4.69) is 36.4 Å².